The molecule has 0 fully saturated rings. The van der Waals surface area contributed by atoms with Gasteiger partial charge in [0.2, 0.25) is 5.91 Å². The van der Waals surface area contributed by atoms with Gasteiger partial charge in [-0.3, -0.25) is 14.4 Å². The minimum atomic E-state index is -0.727. The molecule has 3 rings (SSSR count). The van der Waals surface area contributed by atoms with Crippen LogP contribution in [0.1, 0.15) is 31.4 Å². The fourth-order valence-corrected chi connectivity index (χ4v) is 3.12. The van der Waals surface area contributed by atoms with Crippen molar-refractivity contribution in [2.24, 2.45) is 0 Å². The maximum absolute atomic E-state index is 13.6. The number of hydrogen-bond acceptors (Lipinski definition) is 6. The first-order valence-electron chi connectivity index (χ1n) is 9.30. The zero-order valence-corrected chi connectivity index (χ0v) is 16.5. The molecule has 2 amide bonds. The summed E-state index contributed by atoms with van der Waals surface area (Å²) in [6.45, 7) is 3.35. The first kappa shape index (κ1) is 21.0. The largest absolute Gasteiger partial charge is 0.506 e. The van der Waals surface area contributed by atoms with Crippen molar-refractivity contribution in [3.8, 4) is 5.75 Å². The van der Waals surface area contributed by atoms with E-state index in [1.165, 1.54) is 25.1 Å². The SMILES string of the molecule is CCOC(=O)CCOc1ccc(C(O)=C2C(=O)N(C(C)=O)c3cc(F)ccc32)cc1. The van der Waals surface area contributed by atoms with Crippen LogP contribution >= 0.6 is 0 Å². The second-order valence-electron chi connectivity index (χ2n) is 6.47. The van der Waals surface area contributed by atoms with Crippen LogP contribution in [0.3, 0.4) is 0 Å². The van der Waals surface area contributed by atoms with Gasteiger partial charge in [0.05, 0.1) is 30.9 Å². The molecule has 0 bridgehead atoms. The number of benzene rings is 2. The van der Waals surface area contributed by atoms with Gasteiger partial charge in [-0.15, -0.1) is 0 Å². The number of anilines is 1. The van der Waals surface area contributed by atoms with Crippen molar-refractivity contribution in [3.63, 3.8) is 0 Å². The molecule has 0 unspecified atom stereocenters. The highest BCUT2D eigenvalue weighted by molar-refractivity contribution is 6.42. The van der Waals surface area contributed by atoms with Gasteiger partial charge in [-0.2, -0.15) is 0 Å². The van der Waals surface area contributed by atoms with E-state index in [1.54, 1.807) is 19.1 Å². The number of imide groups is 1. The summed E-state index contributed by atoms with van der Waals surface area (Å²) in [5, 5.41) is 10.7. The first-order valence-corrected chi connectivity index (χ1v) is 9.30. The quantitative estimate of drug-likeness (QED) is 0.443. The van der Waals surface area contributed by atoms with Gasteiger partial charge in [-0.1, -0.05) is 0 Å². The Bertz CT molecular complexity index is 1030. The monoisotopic (exact) mass is 413 g/mol. The molecule has 0 spiro atoms. The lowest BCUT2D eigenvalue weighted by molar-refractivity contribution is -0.143. The number of halogens is 1. The number of fused-ring (bicyclic) bond motifs is 1. The van der Waals surface area contributed by atoms with Gasteiger partial charge in [0.25, 0.3) is 5.91 Å². The molecule has 2 aromatic carbocycles. The van der Waals surface area contributed by atoms with E-state index >= 15 is 0 Å². The lowest BCUT2D eigenvalue weighted by Gasteiger charge is -2.12. The minimum absolute atomic E-state index is 0.0869. The summed E-state index contributed by atoms with van der Waals surface area (Å²) < 4.78 is 23.9. The second-order valence-corrected chi connectivity index (χ2v) is 6.47. The maximum Gasteiger partial charge on any atom is 0.309 e. The smallest absolute Gasteiger partial charge is 0.309 e. The van der Waals surface area contributed by atoms with Crippen LogP contribution in [-0.4, -0.2) is 36.1 Å². The Morgan fingerprint density at radius 3 is 2.47 bits per heavy atom. The van der Waals surface area contributed by atoms with E-state index < -0.39 is 17.6 Å². The third-order valence-electron chi connectivity index (χ3n) is 4.45. The molecule has 0 saturated carbocycles. The highest BCUT2D eigenvalue weighted by atomic mass is 19.1. The number of esters is 1. The lowest BCUT2D eigenvalue weighted by atomic mass is 10.0. The van der Waals surface area contributed by atoms with E-state index in [2.05, 4.69) is 0 Å². The fourth-order valence-electron chi connectivity index (χ4n) is 3.12. The molecular weight excluding hydrogens is 393 g/mol. The number of nitrogens with zero attached hydrogens (tertiary/aromatic N) is 1. The Labute approximate surface area is 172 Å². The zero-order chi connectivity index (χ0) is 21.8. The number of ether oxygens (including phenoxy) is 2. The first-order chi connectivity index (χ1) is 14.3. The Morgan fingerprint density at radius 1 is 1.13 bits per heavy atom. The summed E-state index contributed by atoms with van der Waals surface area (Å²) in [7, 11) is 0. The molecule has 7 nitrogen and oxygen atoms in total. The van der Waals surface area contributed by atoms with E-state index in [1.807, 2.05) is 0 Å². The van der Waals surface area contributed by atoms with E-state index in [0.29, 0.717) is 17.9 Å². The van der Waals surface area contributed by atoms with Crippen LogP contribution in [0.25, 0.3) is 11.3 Å². The molecule has 1 heterocycles. The molecule has 1 N–H and O–H groups in total. The van der Waals surface area contributed by atoms with Crippen molar-refractivity contribution in [2.75, 3.05) is 18.1 Å². The summed E-state index contributed by atoms with van der Waals surface area (Å²) in [5.41, 5.74) is 0.588. The molecule has 0 aromatic heterocycles. The highest BCUT2D eigenvalue weighted by Gasteiger charge is 2.38. The highest BCUT2D eigenvalue weighted by Crippen LogP contribution is 2.40. The third-order valence-corrected chi connectivity index (χ3v) is 4.45. The molecule has 0 radical (unpaired) electrons. The van der Waals surface area contributed by atoms with Gasteiger partial charge in [-0.25, -0.2) is 9.29 Å². The van der Waals surface area contributed by atoms with E-state index in [4.69, 9.17) is 9.47 Å². The van der Waals surface area contributed by atoms with Gasteiger partial charge in [0.1, 0.15) is 17.3 Å². The summed E-state index contributed by atoms with van der Waals surface area (Å²) in [5.74, 6) is -2.14. The maximum atomic E-state index is 13.6. The lowest BCUT2D eigenvalue weighted by Crippen LogP contribution is -2.31. The average molecular weight is 413 g/mol. The van der Waals surface area contributed by atoms with Gasteiger partial charge < -0.3 is 14.6 Å². The van der Waals surface area contributed by atoms with Crippen molar-refractivity contribution < 1.29 is 33.4 Å². The van der Waals surface area contributed by atoms with Gasteiger partial charge >= 0.3 is 5.97 Å². The van der Waals surface area contributed by atoms with Crippen molar-refractivity contribution >= 4 is 34.8 Å². The van der Waals surface area contributed by atoms with E-state index in [9.17, 15) is 23.9 Å². The number of aliphatic hydroxyl groups is 1. The number of carbonyl (C=O) groups excluding carboxylic acids is 3. The molecule has 156 valence electrons. The Kier molecular flexibility index (Phi) is 6.15. The Hall–Kier alpha value is -3.68. The molecule has 0 saturated heterocycles. The average Bonchev–Trinajstić information content (AvgIpc) is 2.99. The van der Waals surface area contributed by atoms with Crippen LogP contribution in [-0.2, 0) is 19.1 Å². The summed E-state index contributed by atoms with van der Waals surface area (Å²) in [6, 6.07) is 9.81. The van der Waals surface area contributed by atoms with Crippen LogP contribution < -0.4 is 9.64 Å². The molecule has 8 heteroatoms. The number of rotatable bonds is 6. The number of hydrogen-bond donors (Lipinski definition) is 1. The molecule has 1 aliphatic heterocycles. The fraction of sp³-hybridized carbons (Fsp3) is 0.227. The summed E-state index contributed by atoms with van der Waals surface area (Å²) in [4.78, 5) is 36.8. The summed E-state index contributed by atoms with van der Waals surface area (Å²) >= 11 is 0. The van der Waals surface area contributed by atoms with E-state index in [0.717, 1.165) is 17.0 Å². The molecule has 1 aliphatic rings. The van der Waals surface area contributed by atoms with Gasteiger partial charge in [-0.05, 0) is 49.4 Å². The topological polar surface area (TPSA) is 93.1 Å². The molecule has 2 aromatic rings. The number of aliphatic hydroxyl groups excluding tert-OH is 1. The van der Waals surface area contributed by atoms with Crippen LogP contribution in [0.2, 0.25) is 0 Å². The van der Waals surface area contributed by atoms with Crippen LogP contribution in [0.4, 0.5) is 10.1 Å². The normalized spacial score (nSPS) is 14.4. The number of amides is 2. The van der Waals surface area contributed by atoms with Gasteiger partial charge in [0.15, 0.2) is 0 Å². The van der Waals surface area contributed by atoms with Crippen molar-refractivity contribution in [2.45, 2.75) is 20.3 Å². The van der Waals surface area contributed by atoms with Crippen LogP contribution in [0, 0.1) is 5.82 Å². The molecule has 0 atom stereocenters. The Morgan fingerprint density at radius 2 is 1.83 bits per heavy atom. The molecule has 30 heavy (non-hydrogen) atoms. The zero-order valence-electron chi connectivity index (χ0n) is 16.5. The third kappa shape index (κ3) is 4.17. The minimum Gasteiger partial charge on any atom is -0.506 e. The van der Waals surface area contributed by atoms with Gasteiger partial charge in [0, 0.05) is 18.1 Å². The van der Waals surface area contributed by atoms with Crippen molar-refractivity contribution in [1.29, 1.82) is 0 Å². The van der Waals surface area contributed by atoms with Crippen LogP contribution in [0.15, 0.2) is 42.5 Å². The number of carbonyl (C=O) groups is 3. The summed E-state index contributed by atoms with van der Waals surface area (Å²) in [6.07, 6.45) is 0.105. The second kappa shape index (κ2) is 8.77. The standard InChI is InChI=1S/C22H20FNO6/c1-3-29-19(26)10-11-30-16-7-4-14(5-8-16)21(27)20-17-9-6-15(23)12-18(17)24(13(2)25)22(20)28/h4-9,12,27H,3,10-11H2,1-2H3. The van der Waals surface area contributed by atoms with Crippen LogP contribution in [0.5, 0.6) is 5.75 Å². The van der Waals surface area contributed by atoms with E-state index in [-0.39, 0.29) is 41.6 Å². The van der Waals surface area contributed by atoms with Crippen molar-refractivity contribution in [3.05, 3.63) is 59.4 Å². The molecule has 0 aliphatic carbocycles. The molecular formula is C22H20FNO6. The van der Waals surface area contributed by atoms with Crippen molar-refractivity contribution in [1.82, 2.24) is 0 Å². The Balaban J connectivity index is 1.85. The predicted octanol–water partition coefficient (Wildman–Crippen LogP) is 3.48. The predicted molar refractivity (Wildman–Crippen MR) is 107 cm³/mol.